The van der Waals surface area contributed by atoms with Gasteiger partial charge in [0.15, 0.2) is 0 Å². The molecule has 0 bridgehead atoms. The van der Waals surface area contributed by atoms with Crippen LogP contribution in [0.25, 0.3) is 0 Å². The van der Waals surface area contributed by atoms with Crippen LogP contribution >= 0.6 is 0 Å². The standard InChI is InChI=1S/C19H22N2.C19H19NO/c20-16-11-12-17(13-16)21-18-7-3-1-5-14(18)9-10-15-6-2-4-8-19(15)21;21-17-12-11-16(13-17)20-18-7-3-1-5-14(18)9-10-15-6-2-4-8-19(15)20/h1-8,16-17H,9-13,20H2;1-8,16H,9-13H2. The van der Waals surface area contributed by atoms with Gasteiger partial charge >= 0.3 is 0 Å². The minimum Gasteiger partial charge on any atom is -0.338 e. The number of benzene rings is 4. The first-order valence-electron chi connectivity index (χ1n) is 15.8. The number of anilines is 4. The zero-order valence-corrected chi connectivity index (χ0v) is 24.4. The van der Waals surface area contributed by atoms with Gasteiger partial charge in [-0.2, -0.15) is 0 Å². The van der Waals surface area contributed by atoms with Gasteiger partial charge in [-0.05, 0) is 97.9 Å². The minimum absolute atomic E-state index is 0.317. The number of fused-ring (bicyclic) bond motifs is 4. The van der Waals surface area contributed by atoms with Gasteiger partial charge in [0.05, 0.1) is 0 Å². The van der Waals surface area contributed by atoms with Crippen LogP contribution in [0.5, 0.6) is 0 Å². The maximum Gasteiger partial charge on any atom is 0.135 e. The predicted molar refractivity (Wildman–Crippen MR) is 173 cm³/mol. The fourth-order valence-electron chi connectivity index (χ4n) is 7.66. The van der Waals surface area contributed by atoms with E-state index in [0.717, 1.165) is 51.4 Å². The Balaban J connectivity index is 0.000000137. The third-order valence-corrected chi connectivity index (χ3v) is 9.73. The number of para-hydroxylation sites is 4. The van der Waals surface area contributed by atoms with E-state index in [-0.39, 0.29) is 0 Å². The van der Waals surface area contributed by atoms with Gasteiger partial charge in [-0.1, -0.05) is 72.8 Å². The minimum atomic E-state index is 0.317. The molecule has 2 aliphatic carbocycles. The molecule has 0 saturated heterocycles. The maximum absolute atomic E-state index is 11.8. The topological polar surface area (TPSA) is 49.6 Å². The summed E-state index contributed by atoms with van der Waals surface area (Å²) in [5, 5.41) is 0. The Morgan fingerprint density at radius 3 is 1.26 bits per heavy atom. The fourth-order valence-corrected chi connectivity index (χ4v) is 7.66. The van der Waals surface area contributed by atoms with E-state index in [9.17, 15) is 4.79 Å². The van der Waals surface area contributed by atoms with E-state index in [1.54, 1.807) is 0 Å². The molecule has 214 valence electrons. The highest BCUT2D eigenvalue weighted by molar-refractivity contribution is 5.84. The van der Waals surface area contributed by atoms with Crippen LogP contribution < -0.4 is 15.5 Å². The number of rotatable bonds is 2. The molecule has 2 saturated carbocycles. The van der Waals surface area contributed by atoms with Crippen LogP contribution in [0.2, 0.25) is 0 Å². The van der Waals surface area contributed by atoms with Crippen LogP contribution in [0.3, 0.4) is 0 Å². The number of aryl methyl sites for hydroxylation is 4. The number of nitrogens with two attached hydrogens (primary N) is 1. The van der Waals surface area contributed by atoms with Gasteiger partial charge in [-0.15, -0.1) is 0 Å². The summed E-state index contributed by atoms with van der Waals surface area (Å²) in [5.74, 6) is 0.402. The van der Waals surface area contributed by atoms with Crippen molar-refractivity contribution in [2.75, 3.05) is 9.80 Å². The van der Waals surface area contributed by atoms with Crippen LogP contribution in [0.4, 0.5) is 22.7 Å². The van der Waals surface area contributed by atoms with Crippen LogP contribution in [-0.2, 0) is 30.5 Å². The van der Waals surface area contributed by atoms with Crippen molar-refractivity contribution in [3.63, 3.8) is 0 Å². The Hall–Kier alpha value is -3.89. The molecule has 4 nitrogen and oxygen atoms in total. The second-order valence-electron chi connectivity index (χ2n) is 12.4. The lowest BCUT2D eigenvalue weighted by atomic mass is 10.0. The maximum atomic E-state index is 11.8. The molecule has 0 aromatic heterocycles. The van der Waals surface area contributed by atoms with E-state index in [2.05, 4.69) is 107 Å². The summed E-state index contributed by atoms with van der Waals surface area (Å²) in [6.07, 6.45) is 10.2. The van der Waals surface area contributed by atoms with Crippen LogP contribution in [-0.4, -0.2) is 23.9 Å². The van der Waals surface area contributed by atoms with E-state index in [1.807, 2.05) is 0 Å². The van der Waals surface area contributed by atoms with Crippen molar-refractivity contribution in [1.82, 2.24) is 0 Å². The molecule has 2 aliphatic heterocycles. The first kappa shape index (κ1) is 27.0. The van der Waals surface area contributed by atoms with Crippen molar-refractivity contribution < 1.29 is 4.79 Å². The summed E-state index contributed by atoms with van der Waals surface area (Å²) in [6, 6.07) is 36.3. The van der Waals surface area contributed by atoms with Gasteiger partial charge < -0.3 is 15.5 Å². The highest BCUT2D eigenvalue weighted by Gasteiger charge is 2.33. The molecule has 0 radical (unpaired) electrons. The number of hydrogen-bond donors (Lipinski definition) is 1. The second-order valence-corrected chi connectivity index (χ2v) is 12.4. The van der Waals surface area contributed by atoms with Crippen molar-refractivity contribution in [2.24, 2.45) is 5.73 Å². The lowest BCUT2D eigenvalue weighted by Gasteiger charge is -2.33. The lowest BCUT2D eigenvalue weighted by Crippen LogP contribution is -2.31. The monoisotopic (exact) mass is 555 g/mol. The van der Waals surface area contributed by atoms with Crippen LogP contribution in [0, 0.1) is 0 Å². The van der Waals surface area contributed by atoms with E-state index in [1.165, 1.54) is 51.4 Å². The molecule has 8 rings (SSSR count). The normalized spacial score (nSPS) is 22.6. The zero-order chi connectivity index (χ0) is 28.5. The number of nitrogens with zero attached hydrogens (tertiary/aromatic N) is 2. The summed E-state index contributed by atoms with van der Waals surface area (Å²) in [7, 11) is 0. The highest BCUT2D eigenvalue weighted by atomic mass is 16.1. The van der Waals surface area contributed by atoms with E-state index >= 15 is 0 Å². The molecule has 4 aromatic carbocycles. The first-order valence-corrected chi connectivity index (χ1v) is 15.8. The average Bonchev–Trinajstić information content (AvgIpc) is 3.56. The third kappa shape index (κ3) is 5.25. The van der Waals surface area contributed by atoms with Gasteiger partial charge in [0.1, 0.15) is 5.78 Å². The van der Waals surface area contributed by atoms with Crippen molar-refractivity contribution >= 4 is 28.5 Å². The van der Waals surface area contributed by atoms with E-state index < -0.39 is 0 Å². The summed E-state index contributed by atoms with van der Waals surface area (Å²) in [6.45, 7) is 0. The number of hydrogen-bond acceptors (Lipinski definition) is 4. The van der Waals surface area contributed by atoms with E-state index in [4.69, 9.17) is 5.73 Å². The lowest BCUT2D eigenvalue weighted by molar-refractivity contribution is -0.117. The Kier molecular flexibility index (Phi) is 7.56. The quantitative estimate of drug-likeness (QED) is 0.274. The highest BCUT2D eigenvalue weighted by Crippen LogP contribution is 2.42. The van der Waals surface area contributed by atoms with Crippen molar-refractivity contribution in [2.45, 2.75) is 82.3 Å². The second kappa shape index (κ2) is 11.8. The molecule has 0 amide bonds. The van der Waals surface area contributed by atoms with Gasteiger partial charge in [0.25, 0.3) is 0 Å². The summed E-state index contributed by atoms with van der Waals surface area (Å²) in [4.78, 5) is 16.8. The molecular formula is C38H41N3O. The number of Topliss-reactive ketones (excluding diaryl/α,β-unsaturated/α-hetero) is 1. The van der Waals surface area contributed by atoms with Gasteiger partial charge in [0, 0.05) is 53.7 Å². The Bertz CT molecular complexity index is 1480. The van der Waals surface area contributed by atoms with Gasteiger partial charge in [0.2, 0.25) is 0 Å². The Labute approximate surface area is 250 Å². The summed E-state index contributed by atoms with van der Waals surface area (Å²) < 4.78 is 0. The largest absolute Gasteiger partial charge is 0.338 e. The van der Waals surface area contributed by atoms with Crippen molar-refractivity contribution in [1.29, 1.82) is 0 Å². The predicted octanol–water partition coefficient (Wildman–Crippen LogP) is 7.85. The number of carbonyl (C=O) groups is 1. The molecule has 4 aromatic rings. The molecule has 2 heterocycles. The molecule has 0 spiro atoms. The molecule has 3 atom stereocenters. The number of carbonyl (C=O) groups excluding carboxylic acids is 1. The molecule has 4 aliphatic rings. The van der Waals surface area contributed by atoms with Gasteiger partial charge in [-0.25, -0.2) is 0 Å². The fraction of sp³-hybridized carbons (Fsp3) is 0.342. The SMILES string of the molecule is NC1CCC(N2c3ccccc3CCc3ccccc32)C1.O=C1CCC(N2c3ccccc3CCc3ccccc32)C1. The third-order valence-electron chi connectivity index (χ3n) is 9.73. The number of ketones is 1. The molecule has 2 N–H and O–H groups in total. The first-order chi connectivity index (χ1) is 20.7. The zero-order valence-electron chi connectivity index (χ0n) is 24.4. The summed E-state index contributed by atoms with van der Waals surface area (Å²) >= 11 is 0. The average molecular weight is 556 g/mol. The van der Waals surface area contributed by atoms with Crippen molar-refractivity contribution in [3.8, 4) is 0 Å². The molecule has 2 fully saturated rings. The van der Waals surface area contributed by atoms with Gasteiger partial charge in [-0.3, -0.25) is 4.79 Å². The summed E-state index contributed by atoms with van der Waals surface area (Å²) in [5.41, 5.74) is 17.3. The molecule has 4 heteroatoms. The molecule has 3 unspecified atom stereocenters. The molecular weight excluding hydrogens is 514 g/mol. The van der Waals surface area contributed by atoms with Crippen LogP contribution in [0.15, 0.2) is 97.1 Å². The molecule has 42 heavy (non-hydrogen) atoms. The Morgan fingerprint density at radius 2 is 0.905 bits per heavy atom. The smallest absolute Gasteiger partial charge is 0.135 e. The Morgan fingerprint density at radius 1 is 0.500 bits per heavy atom. The van der Waals surface area contributed by atoms with Crippen molar-refractivity contribution in [3.05, 3.63) is 119 Å². The van der Waals surface area contributed by atoms with E-state index in [0.29, 0.717) is 30.3 Å². The van der Waals surface area contributed by atoms with Crippen LogP contribution in [0.1, 0.15) is 60.8 Å².